The average molecular weight is 329 g/mol. The molecule has 4 aromatic carbocycles. The first-order chi connectivity index (χ1) is 9.70. The maximum atomic E-state index is 14.4. The van der Waals surface area contributed by atoms with Crippen molar-refractivity contribution in [3.8, 4) is 5.75 Å². The lowest BCUT2D eigenvalue weighted by molar-refractivity contribution is 0.417. The first kappa shape index (κ1) is 11.9. The summed E-state index contributed by atoms with van der Waals surface area (Å²) in [4.78, 5) is 0. The lowest BCUT2D eigenvalue weighted by Gasteiger charge is -2.15. The molecule has 0 radical (unpaired) electrons. The van der Waals surface area contributed by atoms with Crippen LogP contribution >= 0.6 is 15.9 Å². The van der Waals surface area contributed by atoms with Crippen molar-refractivity contribution < 1.29 is 9.13 Å². The highest BCUT2D eigenvalue weighted by atomic mass is 79.9. The van der Waals surface area contributed by atoms with Crippen molar-refractivity contribution in [2.45, 2.75) is 0 Å². The Morgan fingerprint density at radius 3 is 2.50 bits per heavy atom. The molecule has 0 aliphatic rings. The lowest BCUT2D eigenvalue weighted by atomic mass is 9.93. The van der Waals surface area contributed by atoms with Gasteiger partial charge in [0.05, 0.1) is 11.6 Å². The molecule has 0 saturated heterocycles. The van der Waals surface area contributed by atoms with E-state index in [-0.39, 0.29) is 5.82 Å². The molecule has 0 aromatic heterocycles. The third-order valence-electron chi connectivity index (χ3n) is 3.82. The molecule has 0 heterocycles. The third kappa shape index (κ3) is 1.41. The molecule has 0 unspecified atom stereocenters. The van der Waals surface area contributed by atoms with E-state index >= 15 is 0 Å². The Kier molecular flexibility index (Phi) is 2.42. The van der Waals surface area contributed by atoms with Crippen LogP contribution in [0.15, 0.2) is 46.9 Å². The molecule has 0 bridgehead atoms. The summed E-state index contributed by atoms with van der Waals surface area (Å²) in [6.07, 6.45) is 0. The number of rotatable bonds is 1. The van der Waals surface area contributed by atoms with Crippen molar-refractivity contribution in [3.05, 3.63) is 52.8 Å². The molecule has 4 rings (SSSR count). The van der Waals surface area contributed by atoms with Crippen molar-refractivity contribution >= 4 is 48.2 Å². The van der Waals surface area contributed by atoms with E-state index in [0.29, 0.717) is 11.1 Å². The summed E-state index contributed by atoms with van der Waals surface area (Å²) in [7, 11) is 1.61. The van der Waals surface area contributed by atoms with E-state index in [1.807, 2.05) is 30.3 Å². The summed E-state index contributed by atoms with van der Waals surface area (Å²) in [5.74, 6) is 0.460. The number of benzene rings is 4. The Hall–Kier alpha value is -1.87. The van der Waals surface area contributed by atoms with Crippen molar-refractivity contribution in [2.75, 3.05) is 7.11 Å². The summed E-state index contributed by atoms with van der Waals surface area (Å²) >= 11 is 3.50. The van der Waals surface area contributed by atoms with E-state index in [1.54, 1.807) is 13.2 Å². The standard InChI is InChI=1S/C17H10BrFO/c1-20-17-12-8-14(19)11-4-2-3-9-5-6-10(7-13(17)18)16(12)15(9)11/h2-8H,1H3. The van der Waals surface area contributed by atoms with Crippen LogP contribution in [0.4, 0.5) is 4.39 Å². The van der Waals surface area contributed by atoms with Crippen LogP contribution in [0, 0.1) is 5.82 Å². The quantitative estimate of drug-likeness (QED) is 0.419. The molecule has 0 fully saturated rings. The number of methoxy groups -OCH3 is 1. The first-order valence-corrected chi connectivity index (χ1v) is 7.09. The maximum absolute atomic E-state index is 14.4. The minimum Gasteiger partial charge on any atom is -0.495 e. The van der Waals surface area contributed by atoms with E-state index < -0.39 is 0 Å². The SMILES string of the molecule is COc1c(Br)cc2ccc3cccc4c(F)cc1c2c34. The van der Waals surface area contributed by atoms with Crippen LogP contribution in [-0.4, -0.2) is 7.11 Å². The summed E-state index contributed by atoms with van der Waals surface area (Å²) in [6, 6.07) is 13.4. The number of hydrogen-bond acceptors (Lipinski definition) is 1. The van der Waals surface area contributed by atoms with Crippen LogP contribution in [0.1, 0.15) is 0 Å². The Morgan fingerprint density at radius 2 is 1.70 bits per heavy atom. The second kappa shape index (κ2) is 4.06. The van der Waals surface area contributed by atoms with Gasteiger partial charge in [0, 0.05) is 21.5 Å². The van der Waals surface area contributed by atoms with Gasteiger partial charge in [-0.3, -0.25) is 0 Å². The van der Waals surface area contributed by atoms with Gasteiger partial charge in [0.1, 0.15) is 11.6 Å². The highest BCUT2D eigenvalue weighted by molar-refractivity contribution is 9.10. The van der Waals surface area contributed by atoms with E-state index in [9.17, 15) is 4.39 Å². The maximum Gasteiger partial charge on any atom is 0.141 e. The minimum absolute atomic E-state index is 0.216. The Morgan fingerprint density at radius 1 is 0.950 bits per heavy atom. The van der Waals surface area contributed by atoms with Gasteiger partial charge in [-0.15, -0.1) is 0 Å². The van der Waals surface area contributed by atoms with Crippen molar-refractivity contribution in [2.24, 2.45) is 0 Å². The fraction of sp³-hybridized carbons (Fsp3) is 0.0588. The van der Waals surface area contributed by atoms with Gasteiger partial charge in [-0.05, 0) is 38.8 Å². The smallest absolute Gasteiger partial charge is 0.141 e. The zero-order chi connectivity index (χ0) is 13.9. The van der Waals surface area contributed by atoms with Crippen LogP contribution in [0.5, 0.6) is 5.75 Å². The molecule has 4 aromatic rings. The predicted octanol–water partition coefficient (Wildman–Crippen LogP) is 5.49. The topological polar surface area (TPSA) is 9.23 Å². The zero-order valence-electron chi connectivity index (χ0n) is 10.7. The van der Waals surface area contributed by atoms with E-state index in [4.69, 9.17) is 4.74 Å². The minimum atomic E-state index is -0.216. The lowest BCUT2D eigenvalue weighted by Crippen LogP contribution is -1.92. The van der Waals surface area contributed by atoms with Gasteiger partial charge >= 0.3 is 0 Å². The number of hydrogen-bond donors (Lipinski definition) is 0. The summed E-state index contributed by atoms with van der Waals surface area (Å²) in [5, 5.41) is 5.61. The molecule has 20 heavy (non-hydrogen) atoms. The second-order valence-electron chi connectivity index (χ2n) is 4.86. The fourth-order valence-electron chi connectivity index (χ4n) is 3.00. The van der Waals surface area contributed by atoms with Crippen LogP contribution in [-0.2, 0) is 0 Å². The van der Waals surface area contributed by atoms with Crippen molar-refractivity contribution in [1.82, 2.24) is 0 Å². The summed E-state index contributed by atoms with van der Waals surface area (Å²) < 4.78 is 20.7. The fourth-order valence-corrected chi connectivity index (χ4v) is 3.62. The van der Waals surface area contributed by atoms with E-state index in [2.05, 4.69) is 22.0 Å². The molecule has 0 aliphatic heterocycles. The van der Waals surface area contributed by atoms with Gasteiger partial charge in [0.2, 0.25) is 0 Å². The molecule has 98 valence electrons. The predicted molar refractivity (Wildman–Crippen MR) is 84.4 cm³/mol. The van der Waals surface area contributed by atoms with Gasteiger partial charge < -0.3 is 4.74 Å². The summed E-state index contributed by atoms with van der Waals surface area (Å²) in [5.41, 5.74) is 0. The highest BCUT2D eigenvalue weighted by Crippen LogP contribution is 2.43. The molecule has 0 N–H and O–H groups in total. The van der Waals surface area contributed by atoms with Crippen molar-refractivity contribution in [1.29, 1.82) is 0 Å². The first-order valence-electron chi connectivity index (χ1n) is 6.30. The van der Waals surface area contributed by atoms with Crippen LogP contribution in [0.3, 0.4) is 0 Å². The van der Waals surface area contributed by atoms with E-state index in [0.717, 1.165) is 31.4 Å². The molecule has 0 atom stereocenters. The molecule has 1 nitrogen and oxygen atoms in total. The number of halogens is 2. The van der Waals surface area contributed by atoms with Crippen LogP contribution in [0.2, 0.25) is 0 Å². The number of ether oxygens (including phenoxy) is 1. The molecular weight excluding hydrogens is 319 g/mol. The summed E-state index contributed by atoms with van der Waals surface area (Å²) in [6.45, 7) is 0. The van der Waals surface area contributed by atoms with Crippen LogP contribution in [0.25, 0.3) is 32.3 Å². The Balaban J connectivity index is 2.42. The average Bonchev–Trinajstić information content (AvgIpc) is 2.45. The normalized spacial score (nSPS) is 11.8. The van der Waals surface area contributed by atoms with Gasteiger partial charge in [0.15, 0.2) is 0 Å². The largest absolute Gasteiger partial charge is 0.495 e. The van der Waals surface area contributed by atoms with Gasteiger partial charge in [0.25, 0.3) is 0 Å². The van der Waals surface area contributed by atoms with Crippen LogP contribution < -0.4 is 4.74 Å². The Bertz CT molecular complexity index is 962. The highest BCUT2D eigenvalue weighted by Gasteiger charge is 2.16. The van der Waals surface area contributed by atoms with Gasteiger partial charge in [-0.25, -0.2) is 4.39 Å². The molecule has 3 heteroatoms. The molecule has 0 aliphatic carbocycles. The van der Waals surface area contributed by atoms with Gasteiger partial charge in [-0.1, -0.05) is 30.3 Å². The molecule has 0 amide bonds. The van der Waals surface area contributed by atoms with Crippen molar-refractivity contribution in [3.63, 3.8) is 0 Å². The second-order valence-corrected chi connectivity index (χ2v) is 5.72. The van der Waals surface area contributed by atoms with Gasteiger partial charge in [-0.2, -0.15) is 0 Å². The molecule has 0 saturated carbocycles. The molecule has 0 spiro atoms. The Labute approximate surface area is 123 Å². The van der Waals surface area contributed by atoms with E-state index in [1.165, 1.54) is 0 Å². The monoisotopic (exact) mass is 328 g/mol. The molecular formula is C17H10BrFO. The zero-order valence-corrected chi connectivity index (χ0v) is 12.3. The third-order valence-corrected chi connectivity index (χ3v) is 4.41.